The van der Waals surface area contributed by atoms with Crippen molar-refractivity contribution in [1.29, 1.82) is 0 Å². The van der Waals surface area contributed by atoms with Gasteiger partial charge in [0.1, 0.15) is 5.75 Å². The Kier molecular flexibility index (Phi) is 4.98. The smallest absolute Gasteiger partial charge is 0.260 e. The molecule has 1 N–H and O–H groups in total. The van der Waals surface area contributed by atoms with Crippen LogP contribution in [0.25, 0.3) is 27.8 Å². The predicted octanol–water partition coefficient (Wildman–Crippen LogP) is 4.81. The molecule has 0 aliphatic rings. The third-order valence-electron chi connectivity index (χ3n) is 5.02. The fourth-order valence-electron chi connectivity index (χ4n) is 3.16. The van der Waals surface area contributed by atoms with Gasteiger partial charge in [-0.25, -0.2) is 4.98 Å². The Morgan fingerprint density at radius 1 is 1.11 bits per heavy atom. The van der Waals surface area contributed by atoms with Crippen molar-refractivity contribution in [3.63, 3.8) is 0 Å². The number of rotatable bonds is 6. The summed E-state index contributed by atoms with van der Waals surface area (Å²) in [5.41, 5.74) is 3.26. The van der Waals surface area contributed by atoms with E-state index < -0.39 is 0 Å². The highest BCUT2D eigenvalue weighted by Crippen LogP contribution is 2.30. The van der Waals surface area contributed by atoms with E-state index in [1.807, 2.05) is 65.4 Å². The van der Waals surface area contributed by atoms with E-state index in [0.29, 0.717) is 23.6 Å². The van der Waals surface area contributed by atoms with Crippen molar-refractivity contribution in [3.8, 4) is 22.6 Å². The van der Waals surface area contributed by atoms with Gasteiger partial charge in [0.25, 0.3) is 5.56 Å². The first kappa shape index (κ1) is 18.0. The van der Waals surface area contributed by atoms with Gasteiger partial charge in [-0.3, -0.25) is 4.79 Å². The Morgan fingerprint density at radius 2 is 1.86 bits per heavy atom. The second-order valence-corrected chi connectivity index (χ2v) is 7.03. The number of nitrogens with one attached hydrogen (secondary N) is 1. The molecule has 2 aromatic heterocycles. The Bertz CT molecular complexity index is 1130. The Hall–Kier alpha value is -3.34. The van der Waals surface area contributed by atoms with E-state index in [1.54, 1.807) is 0 Å². The molecular formula is C23H23N3O2. The zero-order valence-electron chi connectivity index (χ0n) is 16.1. The molecule has 0 aliphatic carbocycles. The van der Waals surface area contributed by atoms with Gasteiger partial charge < -0.3 is 14.3 Å². The largest absolute Gasteiger partial charge is 0.493 e. The van der Waals surface area contributed by atoms with E-state index in [-0.39, 0.29) is 5.56 Å². The first-order chi connectivity index (χ1) is 13.7. The van der Waals surface area contributed by atoms with Crippen LogP contribution in [0.2, 0.25) is 0 Å². The summed E-state index contributed by atoms with van der Waals surface area (Å²) in [6.45, 7) is 5.03. The molecule has 0 aliphatic heterocycles. The molecule has 1 atom stereocenters. The van der Waals surface area contributed by atoms with E-state index >= 15 is 0 Å². The normalized spacial score (nSPS) is 12.2. The summed E-state index contributed by atoms with van der Waals surface area (Å²) >= 11 is 0. The standard InChI is InChI=1S/C23H23N3O2/c1-3-16(2)14-28-19-11-9-17(10-12-19)20-13-26(18-7-5-4-6-8-18)22-21(20)23(27)25-15-24-22/h4-13,15-16H,3,14H2,1-2H3,(H,24,25,27). The van der Waals surface area contributed by atoms with Crippen molar-refractivity contribution in [2.45, 2.75) is 20.3 Å². The lowest BCUT2D eigenvalue weighted by atomic mass is 10.1. The minimum absolute atomic E-state index is 0.147. The zero-order chi connectivity index (χ0) is 19.5. The number of aromatic amines is 1. The van der Waals surface area contributed by atoms with Crippen LogP contribution < -0.4 is 10.3 Å². The average molecular weight is 373 g/mol. The van der Waals surface area contributed by atoms with Gasteiger partial charge in [-0.1, -0.05) is 50.6 Å². The highest BCUT2D eigenvalue weighted by Gasteiger charge is 2.15. The van der Waals surface area contributed by atoms with E-state index in [0.717, 1.165) is 29.0 Å². The van der Waals surface area contributed by atoms with Crippen molar-refractivity contribution in [1.82, 2.24) is 14.5 Å². The van der Waals surface area contributed by atoms with Crippen molar-refractivity contribution in [2.75, 3.05) is 6.61 Å². The Morgan fingerprint density at radius 3 is 2.57 bits per heavy atom. The number of hydrogen-bond donors (Lipinski definition) is 1. The van der Waals surface area contributed by atoms with E-state index in [2.05, 4.69) is 23.8 Å². The van der Waals surface area contributed by atoms with Crippen LogP contribution in [0.4, 0.5) is 0 Å². The average Bonchev–Trinajstić information content (AvgIpc) is 3.14. The summed E-state index contributed by atoms with van der Waals surface area (Å²) < 4.78 is 7.80. The van der Waals surface area contributed by atoms with Crippen LogP contribution in [0.15, 0.2) is 71.9 Å². The summed E-state index contributed by atoms with van der Waals surface area (Å²) in [5, 5.41) is 0.583. The summed E-state index contributed by atoms with van der Waals surface area (Å²) in [6, 6.07) is 17.8. The molecule has 2 heterocycles. The second kappa shape index (κ2) is 7.72. The molecule has 28 heavy (non-hydrogen) atoms. The molecule has 0 amide bonds. The maximum absolute atomic E-state index is 12.6. The first-order valence-electron chi connectivity index (χ1n) is 9.54. The molecule has 142 valence electrons. The zero-order valence-corrected chi connectivity index (χ0v) is 16.1. The van der Waals surface area contributed by atoms with Crippen LogP contribution >= 0.6 is 0 Å². The molecule has 4 aromatic rings. The molecule has 0 bridgehead atoms. The fourth-order valence-corrected chi connectivity index (χ4v) is 3.16. The van der Waals surface area contributed by atoms with Crippen molar-refractivity contribution in [3.05, 3.63) is 77.5 Å². The van der Waals surface area contributed by atoms with Crippen molar-refractivity contribution < 1.29 is 4.74 Å². The van der Waals surface area contributed by atoms with Crippen molar-refractivity contribution >= 4 is 11.0 Å². The topological polar surface area (TPSA) is 59.9 Å². The van der Waals surface area contributed by atoms with Crippen molar-refractivity contribution in [2.24, 2.45) is 5.92 Å². The number of benzene rings is 2. The number of nitrogens with zero attached hydrogens (tertiary/aromatic N) is 2. The monoisotopic (exact) mass is 373 g/mol. The molecule has 0 saturated carbocycles. The lowest BCUT2D eigenvalue weighted by Crippen LogP contribution is -2.07. The SMILES string of the molecule is CCC(C)COc1ccc(-c2cn(-c3ccccc3)c3nc[nH]c(=O)c23)cc1. The quantitative estimate of drug-likeness (QED) is 0.528. The highest BCUT2D eigenvalue weighted by molar-refractivity contribution is 5.94. The van der Waals surface area contributed by atoms with Gasteiger partial charge in [0.15, 0.2) is 5.65 Å². The van der Waals surface area contributed by atoms with Gasteiger partial charge in [-0.05, 0) is 35.7 Å². The van der Waals surface area contributed by atoms with Gasteiger partial charge in [0, 0.05) is 17.4 Å². The van der Waals surface area contributed by atoms with Gasteiger partial charge in [-0.15, -0.1) is 0 Å². The van der Waals surface area contributed by atoms with Crippen LogP contribution in [-0.4, -0.2) is 21.1 Å². The second-order valence-electron chi connectivity index (χ2n) is 7.03. The number of ether oxygens (including phenoxy) is 1. The van der Waals surface area contributed by atoms with Crippen LogP contribution in [0.5, 0.6) is 5.75 Å². The third-order valence-corrected chi connectivity index (χ3v) is 5.02. The Balaban J connectivity index is 1.76. The maximum Gasteiger partial charge on any atom is 0.260 e. The predicted molar refractivity (Wildman–Crippen MR) is 112 cm³/mol. The summed E-state index contributed by atoms with van der Waals surface area (Å²) in [4.78, 5) is 19.7. The lowest BCUT2D eigenvalue weighted by Gasteiger charge is -2.11. The van der Waals surface area contributed by atoms with E-state index in [4.69, 9.17) is 4.74 Å². The van der Waals surface area contributed by atoms with Crippen LogP contribution in [0, 0.1) is 5.92 Å². The van der Waals surface area contributed by atoms with Gasteiger partial charge >= 0.3 is 0 Å². The van der Waals surface area contributed by atoms with Crippen LogP contribution in [0.1, 0.15) is 20.3 Å². The number of aromatic nitrogens is 3. The molecule has 0 saturated heterocycles. The Labute approximate surface area is 163 Å². The molecule has 2 aromatic carbocycles. The number of para-hydroxylation sites is 1. The van der Waals surface area contributed by atoms with Gasteiger partial charge in [0.2, 0.25) is 0 Å². The number of hydrogen-bond acceptors (Lipinski definition) is 3. The number of fused-ring (bicyclic) bond motifs is 1. The van der Waals surface area contributed by atoms with Crippen LogP contribution in [0.3, 0.4) is 0 Å². The minimum Gasteiger partial charge on any atom is -0.493 e. The fraction of sp³-hybridized carbons (Fsp3) is 0.217. The molecule has 0 fully saturated rings. The molecule has 4 rings (SSSR count). The molecule has 5 nitrogen and oxygen atoms in total. The lowest BCUT2D eigenvalue weighted by molar-refractivity contribution is 0.256. The molecule has 5 heteroatoms. The minimum atomic E-state index is -0.147. The molecule has 1 unspecified atom stereocenters. The third kappa shape index (κ3) is 3.43. The molecule has 0 radical (unpaired) electrons. The number of H-pyrrole nitrogens is 1. The summed E-state index contributed by atoms with van der Waals surface area (Å²) in [7, 11) is 0. The van der Waals surface area contributed by atoms with E-state index in [1.165, 1.54) is 6.33 Å². The van der Waals surface area contributed by atoms with Gasteiger partial charge in [0.05, 0.1) is 18.3 Å². The van der Waals surface area contributed by atoms with Gasteiger partial charge in [-0.2, -0.15) is 0 Å². The summed E-state index contributed by atoms with van der Waals surface area (Å²) in [6.07, 6.45) is 4.50. The van der Waals surface area contributed by atoms with Crippen LogP contribution in [-0.2, 0) is 0 Å². The van der Waals surface area contributed by atoms with E-state index in [9.17, 15) is 4.79 Å². The molecular weight excluding hydrogens is 350 g/mol. The first-order valence-corrected chi connectivity index (χ1v) is 9.54. The molecule has 0 spiro atoms. The summed E-state index contributed by atoms with van der Waals surface area (Å²) in [5.74, 6) is 1.36. The maximum atomic E-state index is 12.6. The highest BCUT2D eigenvalue weighted by atomic mass is 16.5.